The first-order chi connectivity index (χ1) is 14.5. The molecule has 1 aromatic rings. The van der Waals surface area contributed by atoms with Gasteiger partial charge in [0.25, 0.3) is 0 Å². The van der Waals surface area contributed by atoms with E-state index >= 15 is 0 Å². The first-order valence-corrected chi connectivity index (χ1v) is 10.2. The molecule has 0 bridgehead atoms. The number of nitrogens with two attached hydrogens (primary N) is 1. The summed E-state index contributed by atoms with van der Waals surface area (Å²) in [6, 6.07) is 7.88. The molecule has 0 unspecified atom stereocenters. The van der Waals surface area contributed by atoms with Crippen molar-refractivity contribution in [2.24, 2.45) is 0 Å². The molecule has 1 fully saturated rings. The molecule has 3 aliphatic heterocycles. The zero-order valence-electron chi connectivity index (χ0n) is 17.5. The van der Waals surface area contributed by atoms with Crippen molar-refractivity contribution in [3.63, 3.8) is 0 Å². The zero-order chi connectivity index (χ0) is 21.1. The second-order valence-corrected chi connectivity index (χ2v) is 7.64. The van der Waals surface area contributed by atoms with Crippen LogP contribution in [-0.4, -0.2) is 60.8 Å². The van der Waals surface area contributed by atoms with Crippen LogP contribution in [0.4, 0.5) is 5.69 Å². The predicted octanol–water partition coefficient (Wildman–Crippen LogP) is 2.10. The van der Waals surface area contributed by atoms with Gasteiger partial charge >= 0.3 is 0 Å². The van der Waals surface area contributed by atoms with Gasteiger partial charge in [0.15, 0.2) is 0 Å². The second kappa shape index (κ2) is 8.51. The fourth-order valence-electron chi connectivity index (χ4n) is 3.76. The monoisotopic (exact) mass is 403 g/mol. The molecule has 0 aromatic heterocycles. The molecule has 30 heavy (non-hydrogen) atoms. The van der Waals surface area contributed by atoms with Crippen molar-refractivity contribution in [3.8, 4) is 0 Å². The fourth-order valence-corrected chi connectivity index (χ4v) is 3.76. The Morgan fingerprint density at radius 3 is 2.73 bits per heavy atom. The average molecular weight is 404 g/mol. The zero-order valence-corrected chi connectivity index (χ0v) is 17.5. The third kappa shape index (κ3) is 4.11. The minimum absolute atomic E-state index is 0.551. The van der Waals surface area contributed by atoms with Crippen LogP contribution in [0.1, 0.15) is 5.56 Å². The summed E-state index contributed by atoms with van der Waals surface area (Å²) < 4.78 is 0. The van der Waals surface area contributed by atoms with E-state index in [1.165, 1.54) is 0 Å². The molecule has 3 aliphatic rings. The van der Waals surface area contributed by atoms with Crippen LogP contribution in [0, 0.1) is 5.41 Å². The largest absolute Gasteiger partial charge is 0.399 e. The van der Waals surface area contributed by atoms with Crippen LogP contribution in [0.15, 0.2) is 78.1 Å². The maximum absolute atomic E-state index is 8.39. The van der Waals surface area contributed by atoms with Crippen molar-refractivity contribution in [3.05, 3.63) is 83.6 Å². The molecule has 0 aliphatic carbocycles. The Balaban J connectivity index is 1.49. The summed E-state index contributed by atoms with van der Waals surface area (Å²) in [4.78, 5) is 6.52. The van der Waals surface area contributed by atoms with Crippen molar-refractivity contribution in [2.45, 2.75) is 0 Å². The van der Waals surface area contributed by atoms with E-state index in [9.17, 15) is 0 Å². The molecule has 3 heterocycles. The van der Waals surface area contributed by atoms with E-state index in [-0.39, 0.29) is 0 Å². The molecule has 1 saturated heterocycles. The molecular formula is C23H29N7. The van der Waals surface area contributed by atoms with Crippen LogP contribution in [0.5, 0.6) is 0 Å². The lowest BCUT2D eigenvalue weighted by atomic mass is 10.1. The van der Waals surface area contributed by atoms with Gasteiger partial charge < -0.3 is 31.1 Å². The summed E-state index contributed by atoms with van der Waals surface area (Å²) >= 11 is 0. The lowest BCUT2D eigenvalue weighted by Crippen LogP contribution is -2.46. The Morgan fingerprint density at radius 1 is 1.20 bits per heavy atom. The summed E-state index contributed by atoms with van der Waals surface area (Å²) in [5.41, 5.74) is 10.8. The Kier molecular flexibility index (Phi) is 5.63. The Bertz CT molecular complexity index is 975. The van der Waals surface area contributed by atoms with Crippen molar-refractivity contribution in [1.82, 2.24) is 25.3 Å². The van der Waals surface area contributed by atoms with Gasteiger partial charge in [-0.15, -0.1) is 0 Å². The van der Waals surface area contributed by atoms with Gasteiger partial charge in [-0.05, 0) is 43.5 Å². The number of nitrogens with one attached hydrogen (secondary N) is 3. The molecule has 0 spiro atoms. The highest BCUT2D eigenvalue weighted by Crippen LogP contribution is 2.32. The van der Waals surface area contributed by atoms with E-state index in [0.717, 1.165) is 60.2 Å². The molecule has 156 valence electrons. The summed E-state index contributed by atoms with van der Waals surface area (Å²) in [6.07, 6.45) is 12.1. The molecule has 4 rings (SSSR count). The van der Waals surface area contributed by atoms with E-state index in [1.807, 2.05) is 43.6 Å². The highest BCUT2D eigenvalue weighted by atomic mass is 15.3. The Morgan fingerprint density at radius 2 is 2.00 bits per heavy atom. The van der Waals surface area contributed by atoms with Crippen LogP contribution < -0.4 is 16.4 Å². The molecule has 7 nitrogen and oxygen atoms in total. The molecular weight excluding hydrogens is 374 g/mol. The summed E-state index contributed by atoms with van der Waals surface area (Å²) in [5, 5.41) is 15.0. The SMILES string of the molecule is CNC(C=CC(=N)N1CCN(C)CC1)=C1C=CN2C(=C1)NC=C2c1cccc(N)c1. The number of nitrogens with zero attached hydrogens (tertiary/aromatic N) is 3. The molecule has 5 N–H and O–H groups in total. The van der Waals surface area contributed by atoms with Crippen LogP contribution in [0.2, 0.25) is 0 Å². The molecule has 0 atom stereocenters. The number of allylic oxidation sites excluding steroid dienone is 4. The molecule has 7 heteroatoms. The summed E-state index contributed by atoms with van der Waals surface area (Å²) in [6.45, 7) is 3.78. The number of likely N-dealkylation sites (N-methyl/N-ethyl adjacent to an activating group) is 2. The van der Waals surface area contributed by atoms with Crippen molar-refractivity contribution < 1.29 is 0 Å². The second-order valence-electron chi connectivity index (χ2n) is 7.64. The van der Waals surface area contributed by atoms with E-state index in [1.54, 1.807) is 0 Å². The van der Waals surface area contributed by atoms with Crippen LogP contribution in [0.25, 0.3) is 5.70 Å². The number of piperazine rings is 1. The Labute approximate surface area is 178 Å². The maximum atomic E-state index is 8.39. The number of hydrogen-bond acceptors (Lipinski definition) is 6. The van der Waals surface area contributed by atoms with Gasteiger partial charge in [-0.2, -0.15) is 0 Å². The molecule has 0 amide bonds. The smallest absolute Gasteiger partial charge is 0.120 e. The van der Waals surface area contributed by atoms with Crippen molar-refractivity contribution in [1.29, 1.82) is 5.41 Å². The average Bonchev–Trinajstić information content (AvgIpc) is 3.18. The van der Waals surface area contributed by atoms with Crippen LogP contribution >= 0.6 is 0 Å². The molecule has 1 aromatic carbocycles. The van der Waals surface area contributed by atoms with Gasteiger partial charge in [-0.1, -0.05) is 12.1 Å². The normalized spacial score (nSPS) is 20.6. The quantitative estimate of drug-likeness (QED) is 0.350. The third-order valence-corrected chi connectivity index (χ3v) is 5.59. The first kappa shape index (κ1) is 19.8. The predicted molar refractivity (Wildman–Crippen MR) is 123 cm³/mol. The lowest BCUT2D eigenvalue weighted by Gasteiger charge is -2.33. The number of anilines is 1. The fraction of sp³-hybridized carbons (Fsp3) is 0.261. The number of fused-ring (bicyclic) bond motifs is 1. The summed E-state index contributed by atoms with van der Waals surface area (Å²) in [5.74, 6) is 1.54. The standard InChI is InChI=1S/C23H29N7/c1-26-20(6-7-22(25)29-12-10-28(2)11-13-29)17-8-9-30-21(16-27-23(30)15-17)18-4-3-5-19(24)14-18/h3-9,14-16,25-27H,10-13,24H2,1-2H3. The van der Waals surface area contributed by atoms with Gasteiger partial charge in [0, 0.05) is 68.1 Å². The number of rotatable bonds is 4. The minimum Gasteiger partial charge on any atom is -0.399 e. The van der Waals surface area contributed by atoms with Crippen molar-refractivity contribution in [2.75, 3.05) is 46.0 Å². The number of hydrogen-bond donors (Lipinski definition) is 4. The van der Waals surface area contributed by atoms with Gasteiger partial charge in [0.2, 0.25) is 0 Å². The number of amidine groups is 1. The number of nitrogen functional groups attached to an aromatic ring is 1. The van der Waals surface area contributed by atoms with Gasteiger partial charge in [-0.3, -0.25) is 5.41 Å². The van der Waals surface area contributed by atoms with Crippen LogP contribution in [-0.2, 0) is 0 Å². The van der Waals surface area contributed by atoms with E-state index in [2.05, 4.69) is 56.8 Å². The van der Waals surface area contributed by atoms with Gasteiger partial charge in [0.1, 0.15) is 11.7 Å². The van der Waals surface area contributed by atoms with Crippen molar-refractivity contribution >= 4 is 17.2 Å². The molecule has 0 saturated carbocycles. The van der Waals surface area contributed by atoms with Gasteiger partial charge in [-0.25, -0.2) is 0 Å². The lowest BCUT2D eigenvalue weighted by molar-refractivity contribution is 0.215. The minimum atomic E-state index is 0.551. The highest BCUT2D eigenvalue weighted by Gasteiger charge is 2.23. The maximum Gasteiger partial charge on any atom is 0.120 e. The number of benzene rings is 1. The third-order valence-electron chi connectivity index (χ3n) is 5.59. The van der Waals surface area contributed by atoms with E-state index < -0.39 is 0 Å². The van der Waals surface area contributed by atoms with E-state index in [0.29, 0.717) is 5.84 Å². The topological polar surface area (TPSA) is 83.7 Å². The summed E-state index contributed by atoms with van der Waals surface area (Å²) in [7, 11) is 4.03. The first-order valence-electron chi connectivity index (χ1n) is 10.2. The molecule has 0 radical (unpaired) electrons. The van der Waals surface area contributed by atoms with Gasteiger partial charge in [0.05, 0.1) is 5.70 Å². The highest BCUT2D eigenvalue weighted by molar-refractivity contribution is 5.90. The Hall–Kier alpha value is -3.45. The van der Waals surface area contributed by atoms with Crippen LogP contribution in [0.3, 0.4) is 0 Å². The van der Waals surface area contributed by atoms with E-state index in [4.69, 9.17) is 11.1 Å².